The van der Waals surface area contributed by atoms with Crippen LogP contribution in [0.3, 0.4) is 0 Å². The molecule has 0 saturated carbocycles. The number of carbonyl (C=O) groups excluding carboxylic acids is 1. The summed E-state index contributed by atoms with van der Waals surface area (Å²) in [5.41, 5.74) is 2.05. The molecule has 2 aromatic rings. The second-order valence-corrected chi connectivity index (χ2v) is 7.74. The third kappa shape index (κ3) is 3.23. The Labute approximate surface area is 147 Å². The van der Waals surface area contributed by atoms with E-state index in [4.69, 9.17) is 4.74 Å². The first-order valence-electron chi connectivity index (χ1n) is 7.87. The van der Waals surface area contributed by atoms with Gasteiger partial charge in [-0.1, -0.05) is 54.1 Å². The third-order valence-electron chi connectivity index (χ3n) is 4.24. The minimum atomic E-state index is -3.75. The summed E-state index contributed by atoms with van der Waals surface area (Å²) in [4.78, 5) is 12.3. The van der Waals surface area contributed by atoms with Gasteiger partial charge in [-0.15, -0.1) is 0 Å². The summed E-state index contributed by atoms with van der Waals surface area (Å²) < 4.78 is 32.4. The molecule has 6 heteroatoms. The van der Waals surface area contributed by atoms with Crippen molar-refractivity contribution in [1.29, 1.82) is 0 Å². The maximum atomic E-state index is 13.1. The lowest BCUT2D eigenvalue weighted by molar-refractivity contribution is -0.136. The van der Waals surface area contributed by atoms with Gasteiger partial charge in [0.2, 0.25) is 10.0 Å². The fourth-order valence-electron chi connectivity index (χ4n) is 2.94. The van der Waals surface area contributed by atoms with Gasteiger partial charge in [-0.3, -0.25) is 0 Å². The molecule has 130 valence electrons. The van der Waals surface area contributed by atoms with E-state index in [1.54, 1.807) is 30.3 Å². The van der Waals surface area contributed by atoms with Crippen LogP contribution in [0.1, 0.15) is 17.2 Å². The zero-order valence-electron chi connectivity index (χ0n) is 14.0. The lowest BCUT2D eigenvalue weighted by atomic mass is 10.0. The summed E-state index contributed by atoms with van der Waals surface area (Å²) in [7, 11) is -2.46. The van der Waals surface area contributed by atoms with Gasteiger partial charge in [0, 0.05) is 6.54 Å². The summed E-state index contributed by atoms with van der Waals surface area (Å²) in [5.74, 6) is -0.518. The second-order valence-electron chi connectivity index (χ2n) is 5.85. The van der Waals surface area contributed by atoms with E-state index in [2.05, 4.69) is 0 Å². The predicted molar refractivity (Wildman–Crippen MR) is 94.4 cm³/mol. The minimum absolute atomic E-state index is 0.125. The van der Waals surface area contributed by atoms with E-state index in [1.807, 2.05) is 37.3 Å². The highest BCUT2D eigenvalue weighted by atomic mass is 32.2. The highest BCUT2D eigenvalue weighted by molar-refractivity contribution is 7.89. The molecule has 3 rings (SSSR count). The Balaban J connectivity index is 2.06. The van der Waals surface area contributed by atoms with Crippen molar-refractivity contribution in [3.8, 4) is 0 Å². The Bertz CT molecular complexity index is 902. The van der Waals surface area contributed by atoms with Crippen LogP contribution in [0.25, 0.3) is 0 Å². The van der Waals surface area contributed by atoms with Gasteiger partial charge in [0.25, 0.3) is 0 Å². The number of sulfonamides is 1. The molecular weight excluding hydrogens is 338 g/mol. The minimum Gasteiger partial charge on any atom is -0.466 e. The molecule has 25 heavy (non-hydrogen) atoms. The molecule has 0 radical (unpaired) electrons. The Morgan fingerprint density at radius 3 is 2.32 bits per heavy atom. The highest BCUT2D eigenvalue weighted by Crippen LogP contribution is 2.38. The Morgan fingerprint density at radius 1 is 1.08 bits per heavy atom. The lowest BCUT2D eigenvalue weighted by Crippen LogP contribution is -2.33. The summed E-state index contributed by atoms with van der Waals surface area (Å²) in [6.45, 7) is 2.02. The molecular formula is C19H19NO4S. The monoisotopic (exact) mass is 357 g/mol. The van der Waals surface area contributed by atoms with Crippen LogP contribution < -0.4 is 0 Å². The smallest absolute Gasteiger partial charge is 0.335 e. The van der Waals surface area contributed by atoms with Crippen molar-refractivity contribution in [2.24, 2.45) is 0 Å². The summed E-state index contributed by atoms with van der Waals surface area (Å²) in [6.07, 6.45) is 1.62. The Morgan fingerprint density at radius 2 is 1.72 bits per heavy atom. The second kappa shape index (κ2) is 6.82. The number of benzene rings is 2. The fourth-order valence-corrected chi connectivity index (χ4v) is 4.47. The van der Waals surface area contributed by atoms with Gasteiger partial charge in [0.05, 0.1) is 23.6 Å². The van der Waals surface area contributed by atoms with Gasteiger partial charge in [-0.2, -0.15) is 4.31 Å². The van der Waals surface area contributed by atoms with Gasteiger partial charge in [0.1, 0.15) is 0 Å². The van der Waals surface area contributed by atoms with Gasteiger partial charge in [-0.05, 0) is 24.6 Å². The fraction of sp³-hybridized carbons (Fsp3) is 0.211. The van der Waals surface area contributed by atoms with Crippen LogP contribution in [0.4, 0.5) is 0 Å². The van der Waals surface area contributed by atoms with Crippen LogP contribution in [0.15, 0.2) is 71.1 Å². The van der Waals surface area contributed by atoms with E-state index in [0.717, 1.165) is 11.1 Å². The summed E-state index contributed by atoms with van der Waals surface area (Å²) >= 11 is 0. The summed E-state index contributed by atoms with van der Waals surface area (Å²) in [6, 6.07) is 15.1. The molecule has 0 saturated heterocycles. The number of ether oxygens (including phenoxy) is 1. The van der Waals surface area contributed by atoms with Crippen LogP contribution in [-0.2, 0) is 19.6 Å². The number of methoxy groups -OCH3 is 1. The number of nitrogens with zero attached hydrogens (tertiary/aromatic N) is 1. The molecule has 5 nitrogen and oxygen atoms in total. The molecule has 0 aliphatic carbocycles. The molecule has 1 aliphatic rings. The zero-order chi connectivity index (χ0) is 18.0. The molecule has 1 atom stereocenters. The highest BCUT2D eigenvalue weighted by Gasteiger charge is 2.40. The molecule has 0 bridgehead atoms. The standard InChI is InChI=1S/C19H19NO4S/c1-14-8-10-16(11-9-14)25(22,23)20-13-12-17(19(21)24-2)18(20)15-6-4-3-5-7-15/h3-12,18H,13H2,1-2H3/t18-/m1/s1. The zero-order valence-corrected chi connectivity index (χ0v) is 14.9. The van der Waals surface area contributed by atoms with E-state index in [9.17, 15) is 13.2 Å². The third-order valence-corrected chi connectivity index (χ3v) is 6.08. The average molecular weight is 357 g/mol. The molecule has 0 N–H and O–H groups in total. The predicted octanol–water partition coefficient (Wildman–Crippen LogP) is 2.84. The van der Waals surface area contributed by atoms with E-state index in [1.165, 1.54) is 11.4 Å². The van der Waals surface area contributed by atoms with Gasteiger partial charge in [-0.25, -0.2) is 13.2 Å². The molecule has 0 spiro atoms. The SMILES string of the molecule is COC(=O)C1=CCN(S(=O)(=O)c2ccc(C)cc2)[C@@H]1c1ccccc1. The largest absolute Gasteiger partial charge is 0.466 e. The topological polar surface area (TPSA) is 63.7 Å². The maximum absolute atomic E-state index is 13.1. The van der Waals surface area contributed by atoms with E-state index in [-0.39, 0.29) is 11.4 Å². The molecule has 0 unspecified atom stereocenters. The molecule has 0 aromatic heterocycles. The number of rotatable bonds is 4. The van der Waals surface area contributed by atoms with Crippen LogP contribution in [0.2, 0.25) is 0 Å². The van der Waals surface area contributed by atoms with Crippen molar-refractivity contribution in [2.45, 2.75) is 17.9 Å². The van der Waals surface area contributed by atoms with Crippen LogP contribution >= 0.6 is 0 Å². The number of hydrogen-bond donors (Lipinski definition) is 0. The molecule has 0 fully saturated rings. The quantitative estimate of drug-likeness (QED) is 0.790. The molecule has 0 amide bonds. The first-order chi connectivity index (χ1) is 11.9. The van der Waals surface area contributed by atoms with E-state index in [0.29, 0.717) is 5.57 Å². The normalized spacial score (nSPS) is 18.0. The summed E-state index contributed by atoms with van der Waals surface area (Å²) in [5, 5.41) is 0. The van der Waals surface area contributed by atoms with Crippen molar-refractivity contribution >= 4 is 16.0 Å². The van der Waals surface area contributed by atoms with Gasteiger partial charge >= 0.3 is 5.97 Å². The van der Waals surface area contributed by atoms with Crippen LogP contribution in [0.5, 0.6) is 0 Å². The van der Waals surface area contributed by atoms with Crippen molar-refractivity contribution in [3.05, 3.63) is 77.4 Å². The van der Waals surface area contributed by atoms with Crippen molar-refractivity contribution in [2.75, 3.05) is 13.7 Å². The maximum Gasteiger partial charge on any atom is 0.335 e. The van der Waals surface area contributed by atoms with E-state index >= 15 is 0 Å². The number of esters is 1. The Hall–Kier alpha value is -2.44. The first-order valence-corrected chi connectivity index (χ1v) is 9.31. The average Bonchev–Trinajstić information content (AvgIpc) is 3.08. The van der Waals surface area contributed by atoms with Gasteiger partial charge in [0.15, 0.2) is 0 Å². The van der Waals surface area contributed by atoms with Crippen LogP contribution in [-0.4, -0.2) is 32.3 Å². The van der Waals surface area contributed by atoms with Crippen molar-refractivity contribution < 1.29 is 17.9 Å². The van der Waals surface area contributed by atoms with Crippen molar-refractivity contribution in [3.63, 3.8) is 0 Å². The molecule has 1 aliphatic heterocycles. The Kier molecular flexibility index (Phi) is 4.74. The van der Waals surface area contributed by atoms with Crippen LogP contribution in [0, 0.1) is 6.92 Å². The number of hydrogen-bond acceptors (Lipinski definition) is 4. The van der Waals surface area contributed by atoms with E-state index < -0.39 is 22.0 Å². The number of aryl methyl sites for hydroxylation is 1. The molecule has 1 heterocycles. The van der Waals surface area contributed by atoms with Crippen molar-refractivity contribution in [1.82, 2.24) is 4.31 Å². The van der Waals surface area contributed by atoms with Gasteiger partial charge < -0.3 is 4.74 Å². The first kappa shape index (κ1) is 17.4. The number of carbonyl (C=O) groups is 1. The molecule has 2 aromatic carbocycles. The lowest BCUT2D eigenvalue weighted by Gasteiger charge is -2.26.